The first-order valence-corrected chi connectivity index (χ1v) is 23.2. The van der Waals surface area contributed by atoms with Crippen LogP contribution in [0.15, 0.2) is 97.2 Å². The van der Waals surface area contributed by atoms with E-state index in [2.05, 4.69) is 106 Å². The van der Waals surface area contributed by atoms with Crippen molar-refractivity contribution >= 4 is 17.9 Å². The lowest BCUT2D eigenvalue weighted by Gasteiger charge is -2.18. The van der Waals surface area contributed by atoms with Crippen LogP contribution in [0, 0.1) is 0 Å². The first kappa shape index (κ1) is 54.3. The van der Waals surface area contributed by atoms with Gasteiger partial charge in [0.05, 0.1) is 6.42 Å². The molecule has 0 bridgehead atoms. The standard InChI is InChI=1S/C52H84O6/c1-4-7-10-13-16-19-22-24-26-28-30-33-36-39-42-45-51(54)57-48-49(47-56-50(53)44-41-38-35-32-21-18-15-12-9-6-3)58-52(55)46-43-40-37-34-31-29-27-25-23-20-17-14-11-8-5-2/h7-8,10-11,16-17,19-20,24-27,30,33,39,42,49H,4-6,9,12-15,18,21-23,28-29,31-32,34-38,40-41,43-48H2,1-3H3/b10-7-,11-8-,19-16-,20-17-,26-24-,27-25-,33-30-,42-39-. The highest BCUT2D eigenvalue weighted by Crippen LogP contribution is 2.13. The zero-order valence-electron chi connectivity index (χ0n) is 37.3. The molecule has 0 amide bonds. The second-order valence-electron chi connectivity index (χ2n) is 14.9. The third-order valence-corrected chi connectivity index (χ3v) is 9.37. The first-order chi connectivity index (χ1) is 28.5. The predicted octanol–water partition coefficient (Wildman–Crippen LogP) is 15.0. The Bertz CT molecular complexity index is 1200. The summed E-state index contributed by atoms with van der Waals surface area (Å²) < 4.78 is 16.6. The predicted molar refractivity (Wildman–Crippen MR) is 247 cm³/mol. The first-order valence-electron chi connectivity index (χ1n) is 23.2. The van der Waals surface area contributed by atoms with E-state index < -0.39 is 12.1 Å². The average molecular weight is 805 g/mol. The summed E-state index contributed by atoms with van der Waals surface area (Å²) in [4.78, 5) is 37.7. The molecule has 0 aliphatic heterocycles. The monoisotopic (exact) mass is 805 g/mol. The highest BCUT2D eigenvalue weighted by atomic mass is 16.6. The molecule has 1 unspecified atom stereocenters. The minimum atomic E-state index is -0.823. The molecule has 0 aromatic rings. The summed E-state index contributed by atoms with van der Waals surface area (Å²) in [5.41, 5.74) is 0. The molecule has 6 nitrogen and oxygen atoms in total. The van der Waals surface area contributed by atoms with Crippen LogP contribution in [0.1, 0.15) is 194 Å². The van der Waals surface area contributed by atoms with Gasteiger partial charge in [-0.15, -0.1) is 0 Å². The summed E-state index contributed by atoms with van der Waals surface area (Å²) >= 11 is 0. The zero-order valence-corrected chi connectivity index (χ0v) is 37.3. The van der Waals surface area contributed by atoms with Gasteiger partial charge in [0.15, 0.2) is 6.10 Å². The SMILES string of the molecule is CC/C=C\C/C=C\C/C=C\C/C=C\C/C=C\CC(=O)OCC(COC(=O)CCCCCCCCCCCC)OC(=O)CCCCCCC/C=C\C/C=C\C/C=C\CC. The van der Waals surface area contributed by atoms with Crippen LogP contribution in [0.25, 0.3) is 0 Å². The fourth-order valence-electron chi connectivity index (χ4n) is 5.94. The fourth-order valence-corrected chi connectivity index (χ4v) is 5.94. The number of carbonyl (C=O) groups is 3. The molecule has 0 rings (SSSR count). The van der Waals surface area contributed by atoms with Crippen molar-refractivity contribution in [2.45, 2.75) is 200 Å². The molecule has 0 saturated heterocycles. The van der Waals surface area contributed by atoms with Gasteiger partial charge in [0.1, 0.15) is 13.2 Å². The number of hydrogen-bond acceptors (Lipinski definition) is 6. The lowest BCUT2D eigenvalue weighted by molar-refractivity contribution is -0.166. The molecule has 0 saturated carbocycles. The van der Waals surface area contributed by atoms with Crippen LogP contribution >= 0.6 is 0 Å². The van der Waals surface area contributed by atoms with E-state index in [1.807, 2.05) is 6.08 Å². The summed E-state index contributed by atoms with van der Waals surface area (Å²) in [5, 5.41) is 0. The molecule has 328 valence electrons. The van der Waals surface area contributed by atoms with Crippen molar-refractivity contribution in [3.8, 4) is 0 Å². The Hall–Kier alpha value is -3.67. The Morgan fingerprint density at radius 2 is 0.741 bits per heavy atom. The third kappa shape index (κ3) is 43.5. The second-order valence-corrected chi connectivity index (χ2v) is 14.9. The summed E-state index contributed by atoms with van der Waals surface area (Å²) in [6.07, 6.45) is 59.8. The Morgan fingerprint density at radius 1 is 0.379 bits per heavy atom. The van der Waals surface area contributed by atoms with Gasteiger partial charge in [-0.25, -0.2) is 0 Å². The maximum atomic E-state index is 12.7. The fraction of sp³-hybridized carbons (Fsp3) is 0.635. The van der Waals surface area contributed by atoms with Gasteiger partial charge in [-0.05, 0) is 77.0 Å². The Labute approximate surface area is 356 Å². The second kappa shape index (κ2) is 46.0. The van der Waals surface area contributed by atoms with Crippen molar-refractivity contribution in [2.75, 3.05) is 13.2 Å². The maximum Gasteiger partial charge on any atom is 0.309 e. The number of carbonyl (C=O) groups excluding carboxylic acids is 3. The smallest absolute Gasteiger partial charge is 0.309 e. The quantitative estimate of drug-likeness (QED) is 0.0266. The van der Waals surface area contributed by atoms with Crippen molar-refractivity contribution < 1.29 is 28.6 Å². The van der Waals surface area contributed by atoms with Gasteiger partial charge in [-0.2, -0.15) is 0 Å². The van der Waals surface area contributed by atoms with Crippen molar-refractivity contribution in [3.05, 3.63) is 97.2 Å². The molecular weight excluding hydrogens is 721 g/mol. The van der Waals surface area contributed by atoms with Crippen LogP contribution in [0.2, 0.25) is 0 Å². The molecule has 0 radical (unpaired) electrons. The summed E-state index contributed by atoms with van der Waals surface area (Å²) in [5.74, 6) is -1.08. The van der Waals surface area contributed by atoms with Gasteiger partial charge in [0.25, 0.3) is 0 Å². The number of unbranched alkanes of at least 4 members (excludes halogenated alkanes) is 14. The van der Waals surface area contributed by atoms with E-state index in [4.69, 9.17) is 14.2 Å². The van der Waals surface area contributed by atoms with Crippen molar-refractivity contribution in [1.29, 1.82) is 0 Å². The highest BCUT2D eigenvalue weighted by Gasteiger charge is 2.19. The lowest BCUT2D eigenvalue weighted by Crippen LogP contribution is -2.30. The van der Waals surface area contributed by atoms with Crippen LogP contribution in [-0.2, 0) is 28.6 Å². The van der Waals surface area contributed by atoms with E-state index >= 15 is 0 Å². The minimum absolute atomic E-state index is 0.115. The number of hydrogen-bond donors (Lipinski definition) is 0. The van der Waals surface area contributed by atoms with Crippen LogP contribution in [-0.4, -0.2) is 37.2 Å². The molecule has 58 heavy (non-hydrogen) atoms. The average Bonchev–Trinajstić information content (AvgIpc) is 3.22. The van der Waals surface area contributed by atoms with Gasteiger partial charge in [0.2, 0.25) is 0 Å². The van der Waals surface area contributed by atoms with Crippen LogP contribution < -0.4 is 0 Å². The van der Waals surface area contributed by atoms with Crippen LogP contribution in [0.3, 0.4) is 0 Å². The summed E-state index contributed by atoms with van der Waals surface area (Å²) in [7, 11) is 0. The number of esters is 3. The molecule has 0 aliphatic rings. The number of ether oxygens (including phenoxy) is 3. The molecule has 0 heterocycles. The molecule has 6 heteroatoms. The molecule has 0 N–H and O–H groups in total. The largest absolute Gasteiger partial charge is 0.462 e. The maximum absolute atomic E-state index is 12.7. The van der Waals surface area contributed by atoms with Crippen molar-refractivity contribution in [1.82, 2.24) is 0 Å². The van der Waals surface area contributed by atoms with E-state index in [0.29, 0.717) is 6.42 Å². The normalized spacial score (nSPS) is 12.9. The van der Waals surface area contributed by atoms with Crippen molar-refractivity contribution in [2.24, 2.45) is 0 Å². The molecule has 0 aliphatic carbocycles. The summed E-state index contributed by atoms with van der Waals surface area (Å²) in [6.45, 7) is 6.27. The van der Waals surface area contributed by atoms with Gasteiger partial charge in [0, 0.05) is 12.8 Å². The minimum Gasteiger partial charge on any atom is -0.462 e. The van der Waals surface area contributed by atoms with Gasteiger partial charge in [-0.1, -0.05) is 195 Å². The molecule has 0 aromatic carbocycles. The molecular formula is C52H84O6. The van der Waals surface area contributed by atoms with Crippen molar-refractivity contribution in [3.63, 3.8) is 0 Å². The van der Waals surface area contributed by atoms with E-state index in [0.717, 1.165) is 109 Å². The lowest BCUT2D eigenvalue weighted by atomic mass is 10.1. The van der Waals surface area contributed by atoms with Gasteiger partial charge < -0.3 is 14.2 Å². The number of rotatable bonds is 40. The van der Waals surface area contributed by atoms with Gasteiger partial charge in [-0.3, -0.25) is 14.4 Å². The Balaban J connectivity index is 4.55. The number of allylic oxidation sites excluding steroid dienone is 15. The summed E-state index contributed by atoms with van der Waals surface area (Å²) in [6, 6.07) is 0. The topological polar surface area (TPSA) is 78.9 Å². The van der Waals surface area contributed by atoms with E-state index in [9.17, 15) is 14.4 Å². The van der Waals surface area contributed by atoms with E-state index in [-0.39, 0.29) is 38.0 Å². The Kier molecular flexibility index (Phi) is 43.1. The van der Waals surface area contributed by atoms with Gasteiger partial charge >= 0.3 is 17.9 Å². The third-order valence-electron chi connectivity index (χ3n) is 9.37. The zero-order chi connectivity index (χ0) is 42.3. The van der Waals surface area contributed by atoms with E-state index in [1.54, 1.807) is 6.08 Å². The van der Waals surface area contributed by atoms with Crippen LogP contribution in [0.5, 0.6) is 0 Å². The van der Waals surface area contributed by atoms with E-state index in [1.165, 1.54) is 44.9 Å². The molecule has 0 aromatic heterocycles. The highest BCUT2D eigenvalue weighted by molar-refractivity contribution is 5.72. The molecule has 1 atom stereocenters. The molecule has 0 spiro atoms. The Morgan fingerprint density at radius 3 is 1.21 bits per heavy atom. The van der Waals surface area contributed by atoms with Crippen LogP contribution in [0.4, 0.5) is 0 Å². The molecule has 0 fully saturated rings.